The van der Waals surface area contributed by atoms with Crippen LogP contribution < -0.4 is 0 Å². The summed E-state index contributed by atoms with van der Waals surface area (Å²) >= 11 is 0. The van der Waals surface area contributed by atoms with E-state index in [4.69, 9.17) is 14.2 Å². The second kappa shape index (κ2) is 6.53. The van der Waals surface area contributed by atoms with E-state index < -0.39 is 0 Å². The van der Waals surface area contributed by atoms with E-state index in [0.717, 1.165) is 52.3 Å². The first kappa shape index (κ1) is 17.2. The molecule has 0 aromatic carbocycles. The molecule has 0 spiro atoms. The smallest absolute Gasteiger partial charge is 0.0620 e. The van der Waals surface area contributed by atoms with Gasteiger partial charge >= 0.3 is 0 Å². The lowest BCUT2D eigenvalue weighted by Crippen LogP contribution is -2.49. The van der Waals surface area contributed by atoms with Gasteiger partial charge in [-0.3, -0.25) is 0 Å². The fourth-order valence-electron chi connectivity index (χ4n) is 2.95. The van der Waals surface area contributed by atoms with Crippen LogP contribution in [0.25, 0.3) is 0 Å². The second-order valence-corrected chi connectivity index (χ2v) is 7.89. The molecule has 124 valence electrons. The molecule has 2 heterocycles. The summed E-state index contributed by atoms with van der Waals surface area (Å²) in [6.07, 6.45) is 2.61. The number of hydrogen-bond acceptors (Lipinski definition) is 4. The topological polar surface area (TPSA) is 47.9 Å². The van der Waals surface area contributed by atoms with Crippen LogP contribution in [0.5, 0.6) is 0 Å². The number of hydrogen-bond donors (Lipinski definition) is 1. The van der Waals surface area contributed by atoms with Crippen LogP contribution >= 0.6 is 0 Å². The van der Waals surface area contributed by atoms with Crippen molar-refractivity contribution in [1.82, 2.24) is 0 Å². The molecule has 2 aliphatic heterocycles. The predicted molar refractivity (Wildman–Crippen MR) is 82.3 cm³/mol. The van der Waals surface area contributed by atoms with E-state index in [1.807, 2.05) is 0 Å². The fourth-order valence-corrected chi connectivity index (χ4v) is 2.95. The van der Waals surface area contributed by atoms with Gasteiger partial charge in [0.05, 0.1) is 45.7 Å². The Balaban J connectivity index is 1.77. The van der Waals surface area contributed by atoms with Crippen molar-refractivity contribution in [3.8, 4) is 0 Å². The minimum atomic E-state index is -0.350. The molecule has 2 fully saturated rings. The number of aliphatic hydroxyl groups is 1. The van der Waals surface area contributed by atoms with Crippen molar-refractivity contribution in [3.05, 3.63) is 0 Å². The Hall–Kier alpha value is -0.160. The maximum absolute atomic E-state index is 10.6. The minimum Gasteiger partial charge on any atom is -0.392 e. The van der Waals surface area contributed by atoms with Gasteiger partial charge < -0.3 is 19.3 Å². The molecule has 2 aliphatic rings. The van der Waals surface area contributed by atoms with Crippen molar-refractivity contribution in [3.63, 3.8) is 0 Å². The van der Waals surface area contributed by atoms with E-state index in [2.05, 4.69) is 27.7 Å². The lowest BCUT2D eigenvalue weighted by Gasteiger charge is -2.45. The Labute approximate surface area is 129 Å². The van der Waals surface area contributed by atoms with Gasteiger partial charge in [-0.05, 0) is 19.3 Å². The summed E-state index contributed by atoms with van der Waals surface area (Å²) in [7, 11) is 0. The van der Waals surface area contributed by atoms with Gasteiger partial charge in [-0.1, -0.05) is 27.7 Å². The third-order valence-electron chi connectivity index (χ3n) is 5.54. The third kappa shape index (κ3) is 3.79. The van der Waals surface area contributed by atoms with E-state index >= 15 is 0 Å². The highest BCUT2D eigenvalue weighted by Crippen LogP contribution is 2.40. The monoisotopic (exact) mass is 300 g/mol. The first-order valence-corrected chi connectivity index (χ1v) is 8.28. The van der Waals surface area contributed by atoms with Crippen molar-refractivity contribution in [1.29, 1.82) is 0 Å². The van der Waals surface area contributed by atoms with Gasteiger partial charge in [0.2, 0.25) is 0 Å². The first-order chi connectivity index (χ1) is 9.87. The number of rotatable bonds is 9. The maximum Gasteiger partial charge on any atom is 0.0620 e. The molecule has 1 atom stereocenters. The summed E-state index contributed by atoms with van der Waals surface area (Å²) in [4.78, 5) is 0. The zero-order valence-electron chi connectivity index (χ0n) is 14.1. The Kier molecular flexibility index (Phi) is 5.35. The van der Waals surface area contributed by atoms with E-state index in [1.165, 1.54) is 0 Å². The first-order valence-electron chi connectivity index (χ1n) is 8.28. The average Bonchev–Trinajstić information content (AvgIpc) is 2.36. The SMILES string of the molecule is CCC1(COCC(C)(C)C(O)CC2(CC)COC2)COC1. The van der Waals surface area contributed by atoms with Crippen LogP contribution in [0, 0.1) is 16.2 Å². The molecule has 0 aromatic heterocycles. The molecule has 1 N–H and O–H groups in total. The normalized spacial score (nSPS) is 25.0. The standard InChI is InChI=1S/C17H32O4/c1-5-16(9-20-10-16)7-14(18)15(3,4)8-19-11-17(6-2)12-21-13-17/h14,18H,5-13H2,1-4H3. The van der Waals surface area contributed by atoms with Gasteiger partial charge in [0.15, 0.2) is 0 Å². The fraction of sp³-hybridized carbons (Fsp3) is 1.00. The Morgan fingerprint density at radius 3 is 1.95 bits per heavy atom. The molecular weight excluding hydrogens is 268 g/mol. The van der Waals surface area contributed by atoms with Crippen molar-refractivity contribution in [2.24, 2.45) is 16.2 Å². The molecule has 0 bridgehead atoms. The molecule has 0 aromatic rings. The highest BCUT2D eigenvalue weighted by Gasteiger charge is 2.43. The van der Waals surface area contributed by atoms with Crippen LogP contribution in [0.3, 0.4) is 0 Å². The molecule has 4 nitrogen and oxygen atoms in total. The van der Waals surface area contributed by atoms with Crippen LogP contribution in [0.15, 0.2) is 0 Å². The lowest BCUT2D eigenvalue weighted by atomic mass is 9.72. The molecule has 0 amide bonds. The maximum atomic E-state index is 10.6. The second-order valence-electron chi connectivity index (χ2n) is 7.89. The summed E-state index contributed by atoms with van der Waals surface area (Å²) in [5, 5.41) is 10.6. The number of ether oxygens (including phenoxy) is 3. The predicted octanol–water partition coefficient (Wildman–Crippen LogP) is 2.63. The largest absolute Gasteiger partial charge is 0.392 e. The average molecular weight is 300 g/mol. The van der Waals surface area contributed by atoms with Crippen molar-refractivity contribution in [2.75, 3.05) is 39.6 Å². The van der Waals surface area contributed by atoms with Crippen molar-refractivity contribution in [2.45, 2.75) is 53.1 Å². The molecule has 4 heteroatoms. The van der Waals surface area contributed by atoms with Gasteiger partial charge in [0.25, 0.3) is 0 Å². The molecule has 0 radical (unpaired) electrons. The molecule has 0 saturated carbocycles. The number of aliphatic hydroxyl groups excluding tert-OH is 1. The van der Waals surface area contributed by atoms with E-state index in [-0.39, 0.29) is 22.3 Å². The van der Waals surface area contributed by atoms with Crippen molar-refractivity contribution < 1.29 is 19.3 Å². The molecule has 21 heavy (non-hydrogen) atoms. The van der Waals surface area contributed by atoms with Crippen molar-refractivity contribution >= 4 is 0 Å². The quantitative estimate of drug-likeness (QED) is 0.711. The Morgan fingerprint density at radius 2 is 1.57 bits per heavy atom. The van der Waals surface area contributed by atoms with Gasteiger partial charge in [-0.25, -0.2) is 0 Å². The molecule has 1 unspecified atom stereocenters. The Bertz CT molecular complexity index is 321. The highest BCUT2D eigenvalue weighted by molar-refractivity contribution is 4.91. The molecular formula is C17H32O4. The van der Waals surface area contributed by atoms with Crippen LogP contribution in [0.1, 0.15) is 47.0 Å². The molecule has 2 saturated heterocycles. The Morgan fingerprint density at radius 1 is 1.05 bits per heavy atom. The van der Waals surface area contributed by atoms with Crippen LogP contribution in [-0.2, 0) is 14.2 Å². The minimum absolute atomic E-state index is 0.184. The van der Waals surface area contributed by atoms with Crippen LogP contribution in [0.4, 0.5) is 0 Å². The van der Waals surface area contributed by atoms with Gasteiger partial charge in [-0.2, -0.15) is 0 Å². The summed E-state index contributed by atoms with van der Waals surface area (Å²) in [5.74, 6) is 0. The van der Waals surface area contributed by atoms with Gasteiger partial charge in [0.1, 0.15) is 0 Å². The summed E-state index contributed by atoms with van der Waals surface area (Å²) in [5.41, 5.74) is 0.175. The van der Waals surface area contributed by atoms with Gasteiger partial charge in [0, 0.05) is 16.2 Å². The molecule has 0 aliphatic carbocycles. The van der Waals surface area contributed by atoms with E-state index in [1.54, 1.807) is 0 Å². The third-order valence-corrected chi connectivity index (χ3v) is 5.54. The zero-order valence-corrected chi connectivity index (χ0v) is 14.1. The zero-order chi connectivity index (χ0) is 15.6. The van der Waals surface area contributed by atoms with Crippen LogP contribution in [-0.4, -0.2) is 50.9 Å². The summed E-state index contributed by atoms with van der Waals surface area (Å²) in [6.45, 7) is 13.1. The highest BCUT2D eigenvalue weighted by atomic mass is 16.5. The molecule has 2 rings (SSSR count). The van der Waals surface area contributed by atoms with Gasteiger partial charge in [-0.15, -0.1) is 0 Å². The summed E-state index contributed by atoms with van der Waals surface area (Å²) in [6, 6.07) is 0. The summed E-state index contributed by atoms with van der Waals surface area (Å²) < 4.78 is 16.6. The van der Waals surface area contributed by atoms with Crippen LogP contribution in [0.2, 0.25) is 0 Å². The van der Waals surface area contributed by atoms with E-state index in [0.29, 0.717) is 6.61 Å². The van der Waals surface area contributed by atoms with E-state index in [9.17, 15) is 5.11 Å². The lowest BCUT2D eigenvalue weighted by molar-refractivity contribution is -0.169.